The molecule has 0 bridgehead atoms. The number of H-pyrrole nitrogens is 1. The lowest BCUT2D eigenvalue weighted by atomic mass is 10.1. The summed E-state index contributed by atoms with van der Waals surface area (Å²) in [6.07, 6.45) is 5.71. The molecule has 0 radical (unpaired) electrons. The zero-order valence-electron chi connectivity index (χ0n) is 7.63. The topological polar surface area (TPSA) is 41.8 Å². The maximum Gasteiger partial charge on any atom is 0.0659 e. The van der Waals surface area contributed by atoms with Crippen molar-refractivity contribution in [2.75, 3.05) is 6.54 Å². The zero-order chi connectivity index (χ0) is 9.97. The number of nitrogens with one attached hydrogen (secondary N) is 1. The number of aromatic amines is 1. The van der Waals surface area contributed by atoms with Crippen molar-refractivity contribution in [2.24, 2.45) is 5.73 Å². The second kappa shape index (κ2) is 3.86. The molecule has 1 heterocycles. The van der Waals surface area contributed by atoms with Crippen molar-refractivity contribution >= 4 is 28.6 Å². The van der Waals surface area contributed by atoms with Gasteiger partial charge in [-0.3, -0.25) is 0 Å². The highest BCUT2D eigenvalue weighted by Crippen LogP contribution is 2.25. The van der Waals surface area contributed by atoms with Gasteiger partial charge in [-0.25, -0.2) is 0 Å². The molecule has 0 fully saturated rings. The van der Waals surface area contributed by atoms with E-state index < -0.39 is 0 Å². The Kier molecular flexibility index (Phi) is 2.57. The Labute approximate surface area is 87.4 Å². The molecule has 3 N–H and O–H groups in total. The Balaban J connectivity index is 2.60. The molecule has 0 saturated carbocycles. The molecular formula is C11H11ClN2. The van der Waals surface area contributed by atoms with Crippen LogP contribution in [0.4, 0.5) is 0 Å². The lowest BCUT2D eigenvalue weighted by Crippen LogP contribution is -1.92. The van der Waals surface area contributed by atoms with E-state index in [1.165, 1.54) is 0 Å². The molecule has 3 heteroatoms. The minimum Gasteiger partial charge on any atom is -0.359 e. The molecular weight excluding hydrogens is 196 g/mol. The molecule has 0 aliphatic carbocycles. The van der Waals surface area contributed by atoms with Crippen LogP contribution in [0.25, 0.3) is 17.0 Å². The number of fused-ring (bicyclic) bond motifs is 1. The molecule has 0 amide bonds. The SMILES string of the molecule is NC/C=C/c1cccc2c(Cl)c[nH]c12. The summed E-state index contributed by atoms with van der Waals surface area (Å²) in [4.78, 5) is 3.14. The number of para-hydroxylation sites is 1. The largest absolute Gasteiger partial charge is 0.359 e. The third-order valence-electron chi connectivity index (χ3n) is 2.13. The summed E-state index contributed by atoms with van der Waals surface area (Å²) < 4.78 is 0. The molecule has 1 aromatic carbocycles. The van der Waals surface area contributed by atoms with Gasteiger partial charge in [0.2, 0.25) is 0 Å². The van der Waals surface area contributed by atoms with Gasteiger partial charge in [-0.1, -0.05) is 42.0 Å². The fourth-order valence-electron chi connectivity index (χ4n) is 1.48. The molecule has 0 unspecified atom stereocenters. The Hall–Kier alpha value is -1.25. The van der Waals surface area contributed by atoms with Crippen LogP contribution in [0.15, 0.2) is 30.5 Å². The lowest BCUT2D eigenvalue weighted by molar-refractivity contribution is 1.26. The average molecular weight is 207 g/mol. The summed E-state index contributed by atoms with van der Waals surface area (Å²) in [5.41, 5.74) is 7.57. The molecule has 2 rings (SSSR count). The Morgan fingerprint density at radius 1 is 1.43 bits per heavy atom. The third-order valence-corrected chi connectivity index (χ3v) is 2.44. The van der Waals surface area contributed by atoms with Crippen molar-refractivity contribution in [3.63, 3.8) is 0 Å². The van der Waals surface area contributed by atoms with E-state index in [4.69, 9.17) is 17.3 Å². The fraction of sp³-hybridized carbons (Fsp3) is 0.0909. The van der Waals surface area contributed by atoms with Gasteiger partial charge < -0.3 is 10.7 Å². The Morgan fingerprint density at radius 2 is 2.29 bits per heavy atom. The van der Waals surface area contributed by atoms with Crippen LogP contribution in [-0.2, 0) is 0 Å². The molecule has 0 atom stereocenters. The van der Waals surface area contributed by atoms with Crippen LogP contribution >= 0.6 is 11.6 Å². The summed E-state index contributed by atoms with van der Waals surface area (Å²) in [6, 6.07) is 6.01. The zero-order valence-corrected chi connectivity index (χ0v) is 8.38. The monoisotopic (exact) mass is 206 g/mol. The van der Waals surface area contributed by atoms with Crippen LogP contribution in [0.1, 0.15) is 5.56 Å². The van der Waals surface area contributed by atoms with Gasteiger partial charge in [0.15, 0.2) is 0 Å². The van der Waals surface area contributed by atoms with Crippen LogP contribution in [0.5, 0.6) is 0 Å². The maximum atomic E-state index is 6.00. The number of benzene rings is 1. The van der Waals surface area contributed by atoms with E-state index >= 15 is 0 Å². The Morgan fingerprint density at radius 3 is 3.07 bits per heavy atom. The van der Waals surface area contributed by atoms with E-state index in [1.807, 2.05) is 30.4 Å². The van der Waals surface area contributed by atoms with Gasteiger partial charge in [0, 0.05) is 18.1 Å². The van der Waals surface area contributed by atoms with Gasteiger partial charge in [0.25, 0.3) is 0 Å². The predicted molar refractivity (Wildman–Crippen MR) is 61.4 cm³/mol. The minimum atomic E-state index is 0.546. The first-order chi connectivity index (χ1) is 6.83. The highest BCUT2D eigenvalue weighted by Gasteiger charge is 2.02. The molecule has 0 aliphatic rings. The standard InChI is InChI=1S/C11H11ClN2/c12-10-7-14-11-8(4-2-6-13)3-1-5-9(10)11/h1-5,7,14H,6,13H2/b4-2+. The summed E-state index contributed by atoms with van der Waals surface area (Å²) in [5.74, 6) is 0. The number of aromatic nitrogens is 1. The second-order valence-corrected chi connectivity index (χ2v) is 3.45. The quantitative estimate of drug-likeness (QED) is 0.780. The van der Waals surface area contributed by atoms with Gasteiger partial charge in [-0.05, 0) is 5.56 Å². The van der Waals surface area contributed by atoms with E-state index in [9.17, 15) is 0 Å². The summed E-state index contributed by atoms with van der Waals surface area (Å²) in [5, 5.41) is 1.80. The second-order valence-electron chi connectivity index (χ2n) is 3.04. The number of hydrogen-bond acceptors (Lipinski definition) is 1. The van der Waals surface area contributed by atoms with Gasteiger partial charge in [0.05, 0.1) is 10.5 Å². The number of halogens is 1. The maximum absolute atomic E-state index is 6.00. The van der Waals surface area contributed by atoms with Crippen LogP contribution < -0.4 is 5.73 Å². The van der Waals surface area contributed by atoms with Gasteiger partial charge in [-0.15, -0.1) is 0 Å². The molecule has 14 heavy (non-hydrogen) atoms. The fourth-order valence-corrected chi connectivity index (χ4v) is 1.69. The first-order valence-electron chi connectivity index (χ1n) is 4.45. The molecule has 72 valence electrons. The van der Waals surface area contributed by atoms with Crippen LogP contribution in [0.2, 0.25) is 5.02 Å². The molecule has 0 saturated heterocycles. The minimum absolute atomic E-state index is 0.546. The van der Waals surface area contributed by atoms with Gasteiger partial charge >= 0.3 is 0 Å². The van der Waals surface area contributed by atoms with Crippen LogP contribution in [0, 0.1) is 0 Å². The molecule has 2 aromatic rings. The van der Waals surface area contributed by atoms with Crippen molar-refractivity contribution in [2.45, 2.75) is 0 Å². The van der Waals surface area contributed by atoms with E-state index in [1.54, 1.807) is 6.20 Å². The smallest absolute Gasteiger partial charge is 0.0659 e. The lowest BCUT2D eigenvalue weighted by Gasteiger charge is -1.96. The normalized spacial score (nSPS) is 11.6. The van der Waals surface area contributed by atoms with Gasteiger partial charge in [-0.2, -0.15) is 0 Å². The molecule has 2 nitrogen and oxygen atoms in total. The first-order valence-corrected chi connectivity index (χ1v) is 4.83. The first kappa shape index (κ1) is 9.31. The molecule has 0 spiro atoms. The van der Waals surface area contributed by atoms with Crippen LogP contribution in [-0.4, -0.2) is 11.5 Å². The predicted octanol–water partition coefficient (Wildman–Crippen LogP) is 2.79. The van der Waals surface area contributed by atoms with Crippen molar-refractivity contribution in [3.05, 3.63) is 41.1 Å². The number of nitrogens with two attached hydrogens (primary N) is 1. The third kappa shape index (κ3) is 1.54. The highest BCUT2D eigenvalue weighted by molar-refractivity contribution is 6.35. The summed E-state index contributed by atoms with van der Waals surface area (Å²) in [6.45, 7) is 0.546. The van der Waals surface area contributed by atoms with E-state index in [0.717, 1.165) is 21.5 Å². The summed E-state index contributed by atoms with van der Waals surface area (Å²) >= 11 is 6.00. The van der Waals surface area contributed by atoms with Crippen molar-refractivity contribution < 1.29 is 0 Å². The Bertz CT molecular complexity index is 471. The molecule has 1 aromatic heterocycles. The van der Waals surface area contributed by atoms with Crippen molar-refractivity contribution in [1.29, 1.82) is 0 Å². The van der Waals surface area contributed by atoms with Gasteiger partial charge in [0.1, 0.15) is 0 Å². The van der Waals surface area contributed by atoms with Crippen LogP contribution in [0.3, 0.4) is 0 Å². The number of rotatable bonds is 2. The van der Waals surface area contributed by atoms with E-state index in [0.29, 0.717) is 6.54 Å². The summed E-state index contributed by atoms with van der Waals surface area (Å²) in [7, 11) is 0. The van der Waals surface area contributed by atoms with Crippen molar-refractivity contribution in [3.8, 4) is 0 Å². The highest BCUT2D eigenvalue weighted by atomic mass is 35.5. The number of hydrogen-bond donors (Lipinski definition) is 2. The van der Waals surface area contributed by atoms with E-state index in [-0.39, 0.29) is 0 Å². The molecule has 0 aliphatic heterocycles. The average Bonchev–Trinajstić information content (AvgIpc) is 2.58. The van der Waals surface area contributed by atoms with Crippen molar-refractivity contribution in [1.82, 2.24) is 4.98 Å². The van der Waals surface area contributed by atoms with E-state index in [2.05, 4.69) is 4.98 Å².